The summed E-state index contributed by atoms with van der Waals surface area (Å²) in [5.74, 6) is 0. The normalized spacial score (nSPS) is 8.57. The van der Waals surface area contributed by atoms with Gasteiger partial charge in [-0.15, -0.1) is 0 Å². The van der Waals surface area contributed by atoms with Gasteiger partial charge in [-0.25, -0.2) is 0 Å². The third-order valence-corrected chi connectivity index (χ3v) is 0. The molecular weight excluding hydrogens is 269 g/mol. The second kappa shape index (κ2) is 7.00. The fourth-order valence-corrected chi connectivity index (χ4v) is 0. The fourth-order valence-electron chi connectivity index (χ4n) is 0. The summed E-state index contributed by atoms with van der Waals surface area (Å²) in [6.07, 6.45) is 0. The molecule has 0 fully saturated rings. The van der Waals surface area contributed by atoms with Gasteiger partial charge in [-0.3, -0.25) is 0 Å². The van der Waals surface area contributed by atoms with Crippen LogP contribution in [0.15, 0.2) is 0 Å². The second-order valence-corrected chi connectivity index (χ2v) is 1.80. The Morgan fingerprint density at radius 2 is 1.00 bits per heavy atom. The molecule has 0 bridgehead atoms. The van der Waals surface area contributed by atoms with Crippen LogP contribution in [0, 0.1) is 0 Å². The van der Waals surface area contributed by atoms with Gasteiger partial charge >= 0.3 is 95.7 Å². The first-order chi connectivity index (χ1) is 2.00. The third kappa shape index (κ3) is 50.6. The van der Waals surface area contributed by atoms with Gasteiger partial charge in [-0.05, 0) is 0 Å². The van der Waals surface area contributed by atoms with E-state index in [0.717, 1.165) is 0 Å². The molecule has 0 saturated heterocycles. The van der Waals surface area contributed by atoms with Gasteiger partial charge in [0.2, 0.25) is 0 Å². The van der Waals surface area contributed by atoms with Crippen molar-refractivity contribution in [3.63, 3.8) is 0 Å². The Hall–Kier alpha value is 2.89. The minimum atomic E-state index is -4.61. The molecule has 7 heavy (non-hydrogen) atoms. The smallest absolute Gasteiger partial charge is 1.00 e. The maximum Gasteiger partial charge on any atom is 2.00 e. The van der Waals surface area contributed by atoms with Crippen LogP contribution in [0.5, 0.6) is 0 Å². The van der Waals surface area contributed by atoms with Crippen LogP contribution in [-0.2, 0) is 0 Å². The molecule has 4 N–H and O–H groups in total. The quantitative estimate of drug-likeness (QED) is 0.358. The van der Waals surface area contributed by atoms with E-state index in [-0.39, 0.29) is 92.3 Å². The Morgan fingerprint density at radius 3 is 1.00 bits per heavy atom. The van der Waals surface area contributed by atoms with Gasteiger partial charge in [0.1, 0.15) is 0 Å². The van der Waals surface area contributed by atoms with Gasteiger partial charge in [-0.1, -0.05) is 0 Å². The summed E-state index contributed by atoms with van der Waals surface area (Å²) in [5, 5.41) is 0. The molecule has 4 nitrogen and oxygen atoms in total. The minimum Gasteiger partial charge on any atom is -1.00 e. The molecule has 0 atom stereocenters. The van der Waals surface area contributed by atoms with E-state index in [9.17, 15) is 0 Å². The Bertz CT molecular complexity index is 37.6. The first-order valence-electron chi connectivity index (χ1n) is 0.894. The summed E-state index contributed by atoms with van der Waals surface area (Å²) in [7, 11) is -4.61. The maximum atomic E-state index is 7.33. The zero-order valence-corrected chi connectivity index (χ0v) is 11.4. The fraction of sp³-hybridized carbons (Fsp3) is 0. The van der Waals surface area contributed by atoms with Crippen molar-refractivity contribution in [1.29, 1.82) is 0 Å². The predicted molar refractivity (Wildman–Crippen MR) is 30.6 cm³/mol. The molecule has 0 amide bonds. The molecule has 0 heterocycles. The van der Waals surface area contributed by atoms with Crippen molar-refractivity contribution in [1.82, 2.24) is 0 Å². The summed E-state index contributed by atoms with van der Waals surface area (Å²) in [5.41, 5.74) is 0. The molecule has 7 heteroatoms. The predicted octanol–water partition coefficient (Wildman–Crippen LogP) is -2.92. The van der Waals surface area contributed by atoms with Crippen molar-refractivity contribution in [3.05, 3.63) is 0 Å². The summed E-state index contributed by atoms with van der Waals surface area (Å²) in [6.45, 7) is 0. The monoisotopic (exact) mass is 278 g/mol. The average molecular weight is 278 g/mol. The molecule has 0 rings (SSSR count). The van der Waals surface area contributed by atoms with Crippen molar-refractivity contribution in [2.24, 2.45) is 0 Å². The SMILES string of the molecule is O[Si](O)(O)O.[Ba+2].[Ca+2].[H-].[H-].[H-].[H-]. The number of rotatable bonds is 0. The van der Waals surface area contributed by atoms with Crippen molar-refractivity contribution < 1.29 is 24.9 Å². The van der Waals surface area contributed by atoms with Gasteiger partial charge in [-0.2, -0.15) is 0 Å². The van der Waals surface area contributed by atoms with Gasteiger partial charge in [0.15, 0.2) is 0 Å². The Kier molecular flexibility index (Phi) is 16.5. The van der Waals surface area contributed by atoms with E-state index in [4.69, 9.17) is 19.2 Å². The van der Waals surface area contributed by atoms with Crippen molar-refractivity contribution in [3.8, 4) is 0 Å². The van der Waals surface area contributed by atoms with Crippen LogP contribution in [0.3, 0.4) is 0 Å². The summed E-state index contributed by atoms with van der Waals surface area (Å²) in [6, 6.07) is 0. The van der Waals surface area contributed by atoms with Crippen LogP contribution < -0.4 is 0 Å². The van der Waals surface area contributed by atoms with E-state index in [1.807, 2.05) is 0 Å². The van der Waals surface area contributed by atoms with Gasteiger partial charge < -0.3 is 24.9 Å². The Labute approximate surface area is 118 Å². The summed E-state index contributed by atoms with van der Waals surface area (Å²) in [4.78, 5) is 29.3. The molecule has 0 aromatic carbocycles. The minimum absolute atomic E-state index is 0. The van der Waals surface area contributed by atoms with E-state index in [2.05, 4.69) is 0 Å². The Morgan fingerprint density at radius 1 is 1.00 bits per heavy atom. The topological polar surface area (TPSA) is 80.9 Å². The molecule has 0 radical (unpaired) electrons. The zero-order valence-electron chi connectivity index (χ0n) is 7.70. The second-order valence-electron chi connectivity index (χ2n) is 0.600. The third-order valence-electron chi connectivity index (χ3n) is 0. The first-order valence-corrected chi connectivity index (χ1v) is 2.68. The molecule has 0 spiro atoms. The van der Waals surface area contributed by atoms with Gasteiger partial charge in [0.25, 0.3) is 0 Å². The average Bonchev–Trinajstić information content (AvgIpc) is 0.722. The first kappa shape index (κ1) is 16.5. The molecule has 40 valence electrons. The Balaban J connectivity index is -0.00000000533. The van der Waals surface area contributed by atoms with Gasteiger partial charge in [0.05, 0.1) is 0 Å². The molecule has 0 aliphatic rings. The van der Waals surface area contributed by atoms with E-state index >= 15 is 0 Å². The molecule has 0 aliphatic heterocycles. The van der Waals surface area contributed by atoms with Crippen LogP contribution in [0.2, 0.25) is 0 Å². The maximum absolute atomic E-state index is 7.33. The van der Waals surface area contributed by atoms with E-state index < -0.39 is 9.05 Å². The van der Waals surface area contributed by atoms with Crippen molar-refractivity contribution in [2.75, 3.05) is 0 Å². The summed E-state index contributed by atoms with van der Waals surface area (Å²) >= 11 is 0. The number of hydrogen-bond donors (Lipinski definition) is 4. The molecule has 0 unspecified atom stereocenters. The molecular formula is H8BaCaO4Si. The summed E-state index contributed by atoms with van der Waals surface area (Å²) < 4.78 is 0. The molecule has 0 aromatic rings. The van der Waals surface area contributed by atoms with Crippen LogP contribution in [0.1, 0.15) is 5.71 Å². The zero-order chi connectivity index (χ0) is 4.50. The standard InChI is InChI=1S/Ba.Ca.H4O4Si.4H/c;;1-5(2,3)4;;;;/h;;1-4H;;;;/q2*+2;;4*-1. The van der Waals surface area contributed by atoms with Gasteiger partial charge in [0, 0.05) is 0 Å². The van der Waals surface area contributed by atoms with Crippen LogP contribution in [0.4, 0.5) is 0 Å². The van der Waals surface area contributed by atoms with E-state index in [0.29, 0.717) is 0 Å². The largest absolute Gasteiger partial charge is 2.00 e. The van der Waals surface area contributed by atoms with Crippen molar-refractivity contribution >= 4 is 95.7 Å². The van der Waals surface area contributed by atoms with E-state index in [1.165, 1.54) is 0 Å². The molecule has 0 aromatic heterocycles. The van der Waals surface area contributed by atoms with E-state index in [1.54, 1.807) is 0 Å². The van der Waals surface area contributed by atoms with Crippen LogP contribution in [0.25, 0.3) is 0 Å². The number of hydrogen-bond acceptors (Lipinski definition) is 4. The molecule has 0 saturated carbocycles. The van der Waals surface area contributed by atoms with Crippen molar-refractivity contribution in [2.45, 2.75) is 0 Å². The molecule has 0 aliphatic carbocycles. The van der Waals surface area contributed by atoms with Crippen LogP contribution >= 0.6 is 0 Å². The van der Waals surface area contributed by atoms with Crippen LogP contribution in [-0.4, -0.2) is 115 Å².